The van der Waals surface area contributed by atoms with E-state index in [2.05, 4.69) is 28.7 Å². The lowest BCUT2D eigenvalue weighted by atomic mass is 10.3. The molecular formula is C7H13N3S2. The van der Waals surface area contributed by atoms with Crippen molar-refractivity contribution in [1.82, 2.24) is 10.2 Å². The highest BCUT2D eigenvalue weighted by Gasteiger charge is 2.05. The maximum atomic E-state index is 3.93. The normalized spacial score (nSPS) is 12.8. The zero-order chi connectivity index (χ0) is 8.81. The van der Waals surface area contributed by atoms with Crippen molar-refractivity contribution in [2.45, 2.75) is 19.4 Å². The Balaban J connectivity index is 2.37. The van der Waals surface area contributed by atoms with Crippen LogP contribution in [0.25, 0.3) is 0 Å². The third-order valence-electron chi connectivity index (χ3n) is 1.55. The molecule has 1 N–H and O–H groups in total. The summed E-state index contributed by atoms with van der Waals surface area (Å²) in [5, 5.41) is 12.0. The first kappa shape index (κ1) is 9.80. The van der Waals surface area contributed by atoms with Crippen molar-refractivity contribution in [2.75, 3.05) is 17.3 Å². The molecule has 0 aliphatic heterocycles. The third-order valence-corrected chi connectivity index (χ3v) is 2.91. The van der Waals surface area contributed by atoms with Crippen molar-refractivity contribution in [3.63, 3.8) is 0 Å². The van der Waals surface area contributed by atoms with Gasteiger partial charge >= 0.3 is 0 Å². The van der Waals surface area contributed by atoms with Crippen LogP contribution >= 0.6 is 23.1 Å². The largest absolute Gasteiger partial charge is 0.357 e. The van der Waals surface area contributed by atoms with Crippen LogP contribution in [0.15, 0.2) is 5.51 Å². The van der Waals surface area contributed by atoms with Gasteiger partial charge in [0.2, 0.25) is 5.13 Å². The summed E-state index contributed by atoms with van der Waals surface area (Å²) in [6.45, 7) is 2.18. The fraction of sp³-hybridized carbons (Fsp3) is 0.714. The molecule has 5 heteroatoms. The summed E-state index contributed by atoms with van der Waals surface area (Å²) in [7, 11) is 0. The highest BCUT2D eigenvalue weighted by Crippen LogP contribution is 2.12. The molecule has 1 heterocycles. The summed E-state index contributed by atoms with van der Waals surface area (Å²) in [4.78, 5) is 0. The molecular weight excluding hydrogens is 190 g/mol. The minimum absolute atomic E-state index is 0.521. The minimum atomic E-state index is 0.521. The van der Waals surface area contributed by atoms with Crippen LogP contribution in [0, 0.1) is 0 Å². The molecule has 0 saturated heterocycles. The lowest BCUT2D eigenvalue weighted by molar-refractivity contribution is 0.771. The highest BCUT2D eigenvalue weighted by molar-refractivity contribution is 7.98. The van der Waals surface area contributed by atoms with E-state index in [1.165, 1.54) is 0 Å². The molecule has 0 amide bonds. The first-order valence-electron chi connectivity index (χ1n) is 3.88. The molecule has 0 spiro atoms. The number of nitrogens with one attached hydrogen (secondary N) is 1. The summed E-state index contributed by atoms with van der Waals surface area (Å²) in [6.07, 6.45) is 3.24. The number of nitrogens with zero attached hydrogens (tertiary/aromatic N) is 2. The first-order chi connectivity index (χ1) is 5.86. The molecule has 1 aromatic heterocycles. The Labute approximate surface area is 81.0 Å². The van der Waals surface area contributed by atoms with Crippen LogP contribution < -0.4 is 5.32 Å². The van der Waals surface area contributed by atoms with Crippen LogP contribution in [0.2, 0.25) is 0 Å². The Morgan fingerprint density at radius 3 is 3.08 bits per heavy atom. The summed E-state index contributed by atoms with van der Waals surface area (Å²) >= 11 is 3.40. The number of anilines is 1. The zero-order valence-electron chi connectivity index (χ0n) is 7.28. The van der Waals surface area contributed by atoms with Gasteiger partial charge in [-0.25, -0.2) is 0 Å². The van der Waals surface area contributed by atoms with Gasteiger partial charge in [0.1, 0.15) is 5.51 Å². The molecule has 0 aliphatic carbocycles. The van der Waals surface area contributed by atoms with Crippen molar-refractivity contribution >= 4 is 28.2 Å². The average molecular weight is 203 g/mol. The fourth-order valence-corrected chi connectivity index (χ4v) is 2.12. The van der Waals surface area contributed by atoms with E-state index < -0.39 is 0 Å². The highest BCUT2D eigenvalue weighted by atomic mass is 32.2. The molecule has 0 aromatic carbocycles. The summed E-state index contributed by atoms with van der Waals surface area (Å²) in [5.74, 6) is 1.12. The van der Waals surface area contributed by atoms with Gasteiger partial charge in [-0.3, -0.25) is 0 Å². The first-order valence-corrected chi connectivity index (χ1v) is 6.15. The van der Waals surface area contributed by atoms with E-state index in [0.29, 0.717) is 6.04 Å². The summed E-state index contributed by atoms with van der Waals surface area (Å²) in [6, 6.07) is 0.521. The number of aromatic nitrogens is 2. The molecule has 0 saturated carbocycles. The van der Waals surface area contributed by atoms with Crippen molar-refractivity contribution in [3.8, 4) is 0 Å². The van der Waals surface area contributed by atoms with Crippen LogP contribution in [0.5, 0.6) is 0 Å². The van der Waals surface area contributed by atoms with E-state index >= 15 is 0 Å². The van der Waals surface area contributed by atoms with Gasteiger partial charge in [-0.15, -0.1) is 10.2 Å². The molecule has 0 aliphatic rings. The Bertz CT molecular complexity index is 200. The molecule has 1 aromatic rings. The van der Waals surface area contributed by atoms with E-state index in [1.807, 2.05) is 11.8 Å². The molecule has 0 bridgehead atoms. The predicted octanol–water partition coefficient (Wildman–Crippen LogP) is 2.09. The number of thioether (sulfide) groups is 1. The van der Waals surface area contributed by atoms with Gasteiger partial charge in [0.15, 0.2) is 0 Å². The van der Waals surface area contributed by atoms with Gasteiger partial charge in [-0.1, -0.05) is 18.3 Å². The zero-order valence-corrected chi connectivity index (χ0v) is 8.91. The molecule has 12 heavy (non-hydrogen) atoms. The van der Waals surface area contributed by atoms with E-state index in [4.69, 9.17) is 0 Å². The number of rotatable bonds is 5. The van der Waals surface area contributed by atoms with Gasteiger partial charge < -0.3 is 5.32 Å². The second-order valence-corrected chi connectivity index (χ2v) is 4.19. The maximum absolute atomic E-state index is 3.93. The molecule has 0 fully saturated rings. The van der Waals surface area contributed by atoms with Crippen molar-refractivity contribution in [2.24, 2.45) is 0 Å². The Morgan fingerprint density at radius 2 is 2.58 bits per heavy atom. The molecule has 1 unspecified atom stereocenters. The van der Waals surface area contributed by atoms with Crippen LogP contribution in [0.1, 0.15) is 13.3 Å². The summed E-state index contributed by atoms with van der Waals surface area (Å²) in [5.41, 5.74) is 1.74. The van der Waals surface area contributed by atoms with E-state index in [1.54, 1.807) is 16.8 Å². The van der Waals surface area contributed by atoms with E-state index in [0.717, 1.165) is 17.3 Å². The Morgan fingerprint density at radius 1 is 1.75 bits per heavy atom. The van der Waals surface area contributed by atoms with Crippen molar-refractivity contribution in [3.05, 3.63) is 5.51 Å². The number of hydrogen-bond donors (Lipinski definition) is 1. The van der Waals surface area contributed by atoms with Crippen LogP contribution in [-0.2, 0) is 0 Å². The molecule has 1 rings (SSSR count). The monoisotopic (exact) mass is 203 g/mol. The van der Waals surface area contributed by atoms with Crippen molar-refractivity contribution < 1.29 is 0 Å². The van der Waals surface area contributed by atoms with Gasteiger partial charge in [-0.2, -0.15) is 11.8 Å². The quantitative estimate of drug-likeness (QED) is 0.795. The second-order valence-electron chi connectivity index (χ2n) is 2.45. The second kappa shape index (κ2) is 5.37. The molecule has 0 radical (unpaired) electrons. The fourth-order valence-electron chi connectivity index (χ4n) is 0.873. The van der Waals surface area contributed by atoms with Gasteiger partial charge in [0.25, 0.3) is 0 Å². The van der Waals surface area contributed by atoms with Gasteiger partial charge in [-0.05, 0) is 12.7 Å². The lowest BCUT2D eigenvalue weighted by Crippen LogP contribution is -2.20. The lowest BCUT2D eigenvalue weighted by Gasteiger charge is -2.13. The van der Waals surface area contributed by atoms with E-state index in [-0.39, 0.29) is 0 Å². The van der Waals surface area contributed by atoms with E-state index in [9.17, 15) is 0 Å². The number of hydrogen-bond acceptors (Lipinski definition) is 5. The maximum Gasteiger partial charge on any atom is 0.205 e. The molecule has 3 nitrogen and oxygen atoms in total. The predicted molar refractivity (Wildman–Crippen MR) is 56.0 cm³/mol. The van der Waals surface area contributed by atoms with Crippen LogP contribution in [0.4, 0.5) is 5.13 Å². The average Bonchev–Trinajstić information content (AvgIpc) is 2.56. The SMILES string of the molecule is CCC(CSC)Nc1nncs1. The standard InChI is InChI=1S/C7H13N3S2/c1-3-6(4-11-2)9-7-10-8-5-12-7/h5-6H,3-4H2,1-2H3,(H,9,10). The van der Waals surface area contributed by atoms with Gasteiger partial charge in [0.05, 0.1) is 0 Å². The van der Waals surface area contributed by atoms with Gasteiger partial charge in [0, 0.05) is 11.8 Å². The third kappa shape index (κ3) is 2.98. The van der Waals surface area contributed by atoms with Crippen LogP contribution in [-0.4, -0.2) is 28.2 Å². The smallest absolute Gasteiger partial charge is 0.205 e. The minimum Gasteiger partial charge on any atom is -0.357 e. The topological polar surface area (TPSA) is 37.8 Å². The Kier molecular flexibility index (Phi) is 4.39. The van der Waals surface area contributed by atoms with Crippen LogP contribution in [0.3, 0.4) is 0 Å². The Hall–Kier alpha value is -0.290. The van der Waals surface area contributed by atoms with Crippen molar-refractivity contribution in [1.29, 1.82) is 0 Å². The molecule has 1 atom stereocenters. The summed E-state index contributed by atoms with van der Waals surface area (Å²) < 4.78 is 0. The molecule has 68 valence electrons.